The van der Waals surface area contributed by atoms with Gasteiger partial charge in [-0.15, -0.1) is 5.10 Å². The molecule has 2 aromatic rings. The van der Waals surface area contributed by atoms with Gasteiger partial charge in [-0.3, -0.25) is 0 Å². The highest BCUT2D eigenvalue weighted by Gasteiger charge is 2.30. The normalized spacial score (nSPS) is 15.1. The van der Waals surface area contributed by atoms with Crippen LogP contribution in [0.2, 0.25) is 5.02 Å². The molecule has 1 aromatic carbocycles. The first-order chi connectivity index (χ1) is 8.25. The number of rotatable bonds is 3. The molecule has 4 nitrogen and oxygen atoms in total. The molecule has 1 aliphatic rings. The Hall–Kier alpha value is -1.55. The summed E-state index contributed by atoms with van der Waals surface area (Å²) in [6.45, 7) is 0.635. The number of aromatic nitrogens is 3. The summed E-state index contributed by atoms with van der Waals surface area (Å²) in [6, 6.07) is 7.77. The Morgan fingerprint density at radius 1 is 1.35 bits per heavy atom. The fourth-order valence-corrected chi connectivity index (χ4v) is 2.21. The van der Waals surface area contributed by atoms with E-state index in [1.807, 2.05) is 28.9 Å². The van der Waals surface area contributed by atoms with Crippen molar-refractivity contribution in [2.75, 3.05) is 5.73 Å². The third-order valence-electron chi connectivity index (χ3n) is 3.04. The summed E-state index contributed by atoms with van der Waals surface area (Å²) in [5.41, 5.74) is 7.95. The predicted molar refractivity (Wildman–Crippen MR) is 67.0 cm³/mol. The van der Waals surface area contributed by atoms with Crippen molar-refractivity contribution in [2.24, 2.45) is 0 Å². The van der Waals surface area contributed by atoms with E-state index in [0.717, 1.165) is 16.3 Å². The van der Waals surface area contributed by atoms with E-state index >= 15 is 0 Å². The number of anilines is 1. The van der Waals surface area contributed by atoms with Gasteiger partial charge in [0.25, 0.3) is 0 Å². The highest BCUT2D eigenvalue weighted by molar-refractivity contribution is 6.31. The molecule has 1 heterocycles. The van der Waals surface area contributed by atoms with Gasteiger partial charge < -0.3 is 5.73 Å². The lowest BCUT2D eigenvalue weighted by atomic mass is 10.2. The van der Waals surface area contributed by atoms with Crippen LogP contribution in [0.3, 0.4) is 0 Å². The number of nitrogens with two attached hydrogens (primary N) is 1. The van der Waals surface area contributed by atoms with Gasteiger partial charge in [0.1, 0.15) is 0 Å². The van der Waals surface area contributed by atoms with Crippen LogP contribution in [-0.2, 0) is 6.54 Å². The molecule has 0 amide bonds. The first kappa shape index (κ1) is 10.6. The summed E-state index contributed by atoms with van der Waals surface area (Å²) in [6.07, 6.45) is 2.36. The lowest BCUT2D eigenvalue weighted by Gasteiger charge is -2.07. The lowest BCUT2D eigenvalue weighted by Crippen LogP contribution is -2.07. The number of nitrogen functional groups attached to an aromatic ring is 1. The minimum atomic E-state index is 0.535. The van der Waals surface area contributed by atoms with Crippen LogP contribution >= 0.6 is 11.6 Å². The van der Waals surface area contributed by atoms with Gasteiger partial charge in [-0.25, -0.2) is 4.68 Å². The maximum atomic E-state index is 6.14. The van der Waals surface area contributed by atoms with Gasteiger partial charge in [0.15, 0.2) is 5.82 Å². The Kier molecular flexibility index (Phi) is 2.52. The third kappa shape index (κ3) is 2.00. The van der Waals surface area contributed by atoms with Crippen molar-refractivity contribution in [3.05, 3.63) is 40.5 Å². The number of halogens is 1. The summed E-state index contributed by atoms with van der Waals surface area (Å²) < 4.78 is 1.87. The topological polar surface area (TPSA) is 56.7 Å². The molecule has 1 fully saturated rings. The molecule has 0 aliphatic heterocycles. The maximum Gasteiger partial charge on any atom is 0.169 e. The summed E-state index contributed by atoms with van der Waals surface area (Å²) in [5, 5.41) is 8.80. The standard InChI is InChI=1S/C12H13ClN4/c13-10-4-2-1-3-9(10)7-17-11(8-5-6-8)12(14)15-16-17/h1-4,8H,5-7,14H2. The molecule has 1 aliphatic carbocycles. The van der Waals surface area contributed by atoms with E-state index in [9.17, 15) is 0 Å². The van der Waals surface area contributed by atoms with Crippen LogP contribution in [0.5, 0.6) is 0 Å². The average molecular weight is 249 g/mol. The predicted octanol–water partition coefficient (Wildman–Crippen LogP) is 2.44. The summed E-state index contributed by atoms with van der Waals surface area (Å²) >= 11 is 6.14. The third-order valence-corrected chi connectivity index (χ3v) is 3.41. The second-order valence-electron chi connectivity index (χ2n) is 4.38. The molecule has 0 spiro atoms. The second kappa shape index (κ2) is 4.04. The Bertz CT molecular complexity index is 545. The molecule has 88 valence electrons. The SMILES string of the molecule is Nc1nnn(Cc2ccccc2Cl)c1C1CC1. The van der Waals surface area contributed by atoms with Crippen molar-refractivity contribution < 1.29 is 0 Å². The molecule has 1 saturated carbocycles. The number of nitrogens with zero attached hydrogens (tertiary/aromatic N) is 3. The largest absolute Gasteiger partial charge is 0.381 e. The molecular weight excluding hydrogens is 236 g/mol. The molecule has 0 radical (unpaired) electrons. The first-order valence-electron chi connectivity index (χ1n) is 5.68. The second-order valence-corrected chi connectivity index (χ2v) is 4.79. The fraction of sp³-hybridized carbons (Fsp3) is 0.333. The highest BCUT2D eigenvalue weighted by Crippen LogP contribution is 2.42. The van der Waals surface area contributed by atoms with Crippen molar-refractivity contribution in [3.63, 3.8) is 0 Å². The number of benzene rings is 1. The van der Waals surface area contributed by atoms with E-state index in [2.05, 4.69) is 10.3 Å². The van der Waals surface area contributed by atoms with Crippen LogP contribution in [0.15, 0.2) is 24.3 Å². The minimum absolute atomic E-state index is 0.535. The Labute approximate surface area is 104 Å². The smallest absolute Gasteiger partial charge is 0.169 e. The van der Waals surface area contributed by atoms with Gasteiger partial charge in [0, 0.05) is 10.9 Å². The number of hydrogen-bond acceptors (Lipinski definition) is 3. The van der Waals surface area contributed by atoms with Gasteiger partial charge in [-0.2, -0.15) is 0 Å². The van der Waals surface area contributed by atoms with Gasteiger partial charge in [0.2, 0.25) is 0 Å². The molecular formula is C12H13ClN4. The van der Waals surface area contributed by atoms with Crippen LogP contribution in [0.25, 0.3) is 0 Å². The first-order valence-corrected chi connectivity index (χ1v) is 6.06. The molecule has 17 heavy (non-hydrogen) atoms. The molecule has 2 N–H and O–H groups in total. The maximum absolute atomic E-state index is 6.14. The van der Waals surface area contributed by atoms with Gasteiger partial charge >= 0.3 is 0 Å². The summed E-state index contributed by atoms with van der Waals surface area (Å²) in [5.74, 6) is 1.09. The van der Waals surface area contributed by atoms with E-state index in [1.165, 1.54) is 12.8 Å². The molecule has 0 unspecified atom stereocenters. The van der Waals surface area contributed by atoms with Crippen LogP contribution < -0.4 is 5.73 Å². The molecule has 1 aromatic heterocycles. The van der Waals surface area contributed by atoms with Crippen LogP contribution in [0.4, 0.5) is 5.82 Å². The zero-order chi connectivity index (χ0) is 11.8. The van der Waals surface area contributed by atoms with E-state index < -0.39 is 0 Å². The molecule has 0 saturated heterocycles. The van der Waals surface area contributed by atoms with E-state index in [1.54, 1.807) is 0 Å². The van der Waals surface area contributed by atoms with Gasteiger partial charge in [0.05, 0.1) is 12.2 Å². The Balaban J connectivity index is 1.93. The van der Waals surface area contributed by atoms with Crippen molar-refractivity contribution in [2.45, 2.75) is 25.3 Å². The van der Waals surface area contributed by atoms with Crippen LogP contribution in [0, 0.1) is 0 Å². The Morgan fingerprint density at radius 2 is 2.12 bits per heavy atom. The molecule has 3 rings (SSSR count). The van der Waals surface area contributed by atoms with E-state index in [4.69, 9.17) is 17.3 Å². The highest BCUT2D eigenvalue weighted by atomic mass is 35.5. The average Bonchev–Trinajstić information content (AvgIpc) is 3.08. The zero-order valence-corrected chi connectivity index (χ0v) is 10.1. The molecule has 0 bridgehead atoms. The molecule has 0 atom stereocenters. The van der Waals surface area contributed by atoms with Crippen molar-refractivity contribution in [1.29, 1.82) is 0 Å². The quantitative estimate of drug-likeness (QED) is 0.908. The fourth-order valence-electron chi connectivity index (χ4n) is 2.02. The number of hydrogen-bond donors (Lipinski definition) is 1. The molecule has 5 heteroatoms. The minimum Gasteiger partial charge on any atom is -0.381 e. The lowest BCUT2D eigenvalue weighted by molar-refractivity contribution is 0.619. The van der Waals surface area contributed by atoms with E-state index in [-0.39, 0.29) is 0 Å². The van der Waals surface area contributed by atoms with Gasteiger partial charge in [-0.1, -0.05) is 35.0 Å². The van der Waals surface area contributed by atoms with Crippen LogP contribution in [0.1, 0.15) is 30.0 Å². The van der Waals surface area contributed by atoms with Gasteiger partial charge in [-0.05, 0) is 24.5 Å². The van der Waals surface area contributed by atoms with Crippen molar-refractivity contribution >= 4 is 17.4 Å². The van der Waals surface area contributed by atoms with Crippen molar-refractivity contribution in [1.82, 2.24) is 15.0 Å². The Morgan fingerprint density at radius 3 is 2.82 bits per heavy atom. The van der Waals surface area contributed by atoms with Crippen LogP contribution in [-0.4, -0.2) is 15.0 Å². The zero-order valence-electron chi connectivity index (χ0n) is 9.31. The summed E-state index contributed by atoms with van der Waals surface area (Å²) in [7, 11) is 0. The monoisotopic (exact) mass is 248 g/mol. The summed E-state index contributed by atoms with van der Waals surface area (Å²) in [4.78, 5) is 0. The van der Waals surface area contributed by atoms with E-state index in [0.29, 0.717) is 18.3 Å². The van der Waals surface area contributed by atoms with Crippen molar-refractivity contribution in [3.8, 4) is 0 Å².